The SMILES string of the molecule is CCC(N)C(=O)O.N[C@@H](CC1CCCCC1)C(=O)O. The van der Waals surface area contributed by atoms with Crippen LogP contribution in [-0.4, -0.2) is 34.2 Å². The van der Waals surface area contributed by atoms with Gasteiger partial charge in [-0.3, -0.25) is 9.59 Å². The third-order valence-corrected chi connectivity index (χ3v) is 3.39. The molecular weight excluding hydrogens is 248 g/mol. The molecule has 1 aliphatic carbocycles. The summed E-state index contributed by atoms with van der Waals surface area (Å²) in [5.74, 6) is -1.23. The molecule has 2 atom stereocenters. The zero-order chi connectivity index (χ0) is 14.8. The highest BCUT2D eigenvalue weighted by atomic mass is 16.4. The van der Waals surface area contributed by atoms with Crippen LogP contribution in [0.2, 0.25) is 0 Å². The summed E-state index contributed by atoms with van der Waals surface area (Å²) in [4.78, 5) is 20.3. The highest BCUT2D eigenvalue weighted by molar-refractivity contribution is 5.73. The fourth-order valence-electron chi connectivity index (χ4n) is 2.06. The number of carboxylic acid groups (broad SMARTS) is 2. The Labute approximate surface area is 114 Å². The van der Waals surface area contributed by atoms with Gasteiger partial charge in [0.05, 0.1) is 0 Å². The number of nitrogens with two attached hydrogens (primary N) is 2. The zero-order valence-corrected chi connectivity index (χ0v) is 11.5. The molecule has 0 aromatic rings. The van der Waals surface area contributed by atoms with Gasteiger partial charge in [-0.05, 0) is 18.8 Å². The van der Waals surface area contributed by atoms with Crippen molar-refractivity contribution in [2.24, 2.45) is 17.4 Å². The molecule has 112 valence electrons. The van der Waals surface area contributed by atoms with E-state index in [9.17, 15) is 9.59 Å². The molecule has 0 amide bonds. The summed E-state index contributed by atoms with van der Waals surface area (Å²) >= 11 is 0. The molecule has 0 bridgehead atoms. The molecule has 1 saturated carbocycles. The quantitative estimate of drug-likeness (QED) is 0.596. The molecule has 6 heteroatoms. The van der Waals surface area contributed by atoms with Gasteiger partial charge in [-0.25, -0.2) is 0 Å². The van der Waals surface area contributed by atoms with Crippen molar-refractivity contribution < 1.29 is 19.8 Å². The minimum atomic E-state index is -0.928. The van der Waals surface area contributed by atoms with Gasteiger partial charge in [-0.1, -0.05) is 39.0 Å². The maximum atomic E-state index is 10.4. The van der Waals surface area contributed by atoms with E-state index in [1.54, 1.807) is 6.92 Å². The van der Waals surface area contributed by atoms with Crippen molar-refractivity contribution in [3.63, 3.8) is 0 Å². The predicted octanol–water partition coefficient (Wildman–Crippen LogP) is 1.18. The van der Waals surface area contributed by atoms with Gasteiger partial charge < -0.3 is 21.7 Å². The van der Waals surface area contributed by atoms with Gasteiger partial charge >= 0.3 is 11.9 Å². The molecule has 0 aromatic carbocycles. The topological polar surface area (TPSA) is 127 Å². The van der Waals surface area contributed by atoms with Gasteiger partial charge in [-0.2, -0.15) is 0 Å². The van der Waals surface area contributed by atoms with E-state index in [0.29, 0.717) is 18.8 Å². The molecule has 6 nitrogen and oxygen atoms in total. The van der Waals surface area contributed by atoms with Gasteiger partial charge in [0.25, 0.3) is 0 Å². The van der Waals surface area contributed by atoms with Gasteiger partial charge in [0.1, 0.15) is 12.1 Å². The van der Waals surface area contributed by atoms with Crippen molar-refractivity contribution >= 4 is 11.9 Å². The lowest BCUT2D eigenvalue weighted by Gasteiger charge is -2.22. The fourth-order valence-corrected chi connectivity index (χ4v) is 2.06. The minimum Gasteiger partial charge on any atom is -0.480 e. The van der Waals surface area contributed by atoms with E-state index in [0.717, 1.165) is 0 Å². The van der Waals surface area contributed by atoms with E-state index in [4.69, 9.17) is 21.7 Å². The van der Waals surface area contributed by atoms with Crippen LogP contribution in [0.15, 0.2) is 0 Å². The molecule has 0 heterocycles. The summed E-state index contributed by atoms with van der Waals surface area (Å²) < 4.78 is 0. The summed E-state index contributed by atoms with van der Waals surface area (Å²) in [5.41, 5.74) is 10.5. The molecule has 0 aliphatic heterocycles. The van der Waals surface area contributed by atoms with Gasteiger partial charge in [-0.15, -0.1) is 0 Å². The molecule has 19 heavy (non-hydrogen) atoms. The predicted molar refractivity (Wildman–Crippen MR) is 72.7 cm³/mol. The summed E-state index contributed by atoms with van der Waals surface area (Å²) in [7, 11) is 0. The summed E-state index contributed by atoms with van der Waals surface area (Å²) in [5, 5.41) is 16.6. The number of rotatable bonds is 5. The fraction of sp³-hybridized carbons (Fsp3) is 0.846. The maximum Gasteiger partial charge on any atom is 0.320 e. The van der Waals surface area contributed by atoms with Crippen LogP contribution in [0, 0.1) is 5.92 Å². The molecule has 0 aromatic heterocycles. The number of hydrogen-bond acceptors (Lipinski definition) is 4. The lowest BCUT2D eigenvalue weighted by atomic mass is 9.85. The monoisotopic (exact) mass is 274 g/mol. The Morgan fingerprint density at radius 1 is 1.05 bits per heavy atom. The van der Waals surface area contributed by atoms with Crippen molar-refractivity contribution in [1.82, 2.24) is 0 Å². The Hall–Kier alpha value is -1.14. The van der Waals surface area contributed by atoms with E-state index in [1.807, 2.05) is 0 Å². The zero-order valence-electron chi connectivity index (χ0n) is 11.5. The number of carboxylic acids is 2. The first-order valence-corrected chi connectivity index (χ1v) is 6.85. The lowest BCUT2D eigenvalue weighted by molar-refractivity contribution is -0.139. The molecule has 0 spiro atoms. The van der Waals surface area contributed by atoms with E-state index in [1.165, 1.54) is 32.1 Å². The second-order valence-corrected chi connectivity index (χ2v) is 5.04. The van der Waals surface area contributed by atoms with Gasteiger partial charge in [0.15, 0.2) is 0 Å². The Balaban J connectivity index is 0.000000399. The van der Waals surface area contributed by atoms with E-state index >= 15 is 0 Å². The lowest BCUT2D eigenvalue weighted by Crippen LogP contribution is -2.32. The van der Waals surface area contributed by atoms with Crippen LogP contribution < -0.4 is 11.5 Å². The van der Waals surface area contributed by atoms with Crippen molar-refractivity contribution in [2.45, 2.75) is 64.0 Å². The van der Waals surface area contributed by atoms with Crippen molar-refractivity contribution in [3.8, 4) is 0 Å². The summed E-state index contributed by atoms with van der Waals surface area (Å²) in [6, 6.07) is -1.33. The molecule has 1 fully saturated rings. The Morgan fingerprint density at radius 3 is 1.84 bits per heavy atom. The summed E-state index contributed by atoms with van der Waals surface area (Å²) in [6.07, 6.45) is 7.29. The highest BCUT2D eigenvalue weighted by Gasteiger charge is 2.20. The Bertz CT molecular complexity index is 278. The molecule has 1 unspecified atom stereocenters. The second kappa shape index (κ2) is 9.75. The largest absolute Gasteiger partial charge is 0.480 e. The van der Waals surface area contributed by atoms with Gasteiger partial charge in [0.2, 0.25) is 0 Å². The number of carbonyl (C=O) groups is 2. The molecule has 0 saturated heterocycles. The first kappa shape index (κ1) is 17.9. The normalized spacial score (nSPS) is 18.9. The standard InChI is InChI=1S/C9H17NO2.C4H9NO2/c10-8(9(11)12)6-7-4-2-1-3-5-7;1-2-3(5)4(6)7/h7-8H,1-6,10H2,(H,11,12);3H,2,5H2,1H3,(H,6,7)/t8-;/m0./s1. The van der Waals surface area contributed by atoms with E-state index < -0.39 is 24.0 Å². The Kier molecular flexibility index (Phi) is 9.16. The second-order valence-electron chi connectivity index (χ2n) is 5.04. The van der Waals surface area contributed by atoms with Crippen LogP contribution in [-0.2, 0) is 9.59 Å². The Morgan fingerprint density at radius 2 is 1.53 bits per heavy atom. The summed E-state index contributed by atoms with van der Waals surface area (Å²) in [6.45, 7) is 1.73. The third kappa shape index (κ3) is 8.56. The van der Waals surface area contributed by atoms with Crippen molar-refractivity contribution in [1.29, 1.82) is 0 Å². The average molecular weight is 274 g/mol. The van der Waals surface area contributed by atoms with Crippen LogP contribution in [0.3, 0.4) is 0 Å². The maximum absolute atomic E-state index is 10.4. The highest BCUT2D eigenvalue weighted by Crippen LogP contribution is 2.26. The van der Waals surface area contributed by atoms with Crippen LogP contribution in [0.25, 0.3) is 0 Å². The van der Waals surface area contributed by atoms with E-state index in [-0.39, 0.29) is 0 Å². The smallest absolute Gasteiger partial charge is 0.320 e. The van der Waals surface area contributed by atoms with Gasteiger partial charge in [0, 0.05) is 0 Å². The van der Waals surface area contributed by atoms with Crippen LogP contribution in [0.5, 0.6) is 0 Å². The molecular formula is C13H26N2O4. The van der Waals surface area contributed by atoms with E-state index in [2.05, 4.69) is 0 Å². The average Bonchev–Trinajstić information content (AvgIpc) is 2.39. The number of aliphatic carboxylic acids is 2. The number of hydrogen-bond donors (Lipinski definition) is 4. The van der Waals surface area contributed by atoms with Crippen LogP contribution >= 0.6 is 0 Å². The third-order valence-electron chi connectivity index (χ3n) is 3.39. The first-order valence-electron chi connectivity index (χ1n) is 6.85. The molecule has 6 N–H and O–H groups in total. The molecule has 1 aliphatic rings. The first-order chi connectivity index (χ1) is 8.88. The van der Waals surface area contributed by atoms with Crippen molar-refractivity contribution in [2.75, 3.05) is 0 Å². The van der Waals surface area contributed by atoms with Crippen molar-refractivity contribution in [3.05, 3.63) is 0 Å². The van der Waals surface area contributed by atoms with Crippen LogP contribution in [0.4, 0.5) is 0 Å². The van der Waals surface area contributed by atoms with Crippen LogP contribution in [0.1, 0.15) is 51.9 Å². The molecule has 1 rings (SSSR count). The minimum absolute atomic E-state index is 0.495. The molecule has 0 radical (unpaired) electrons.